The maximum Gasteiger partial charge on any atom is 0.243 e. The first-order valence-electron chi connectivity index (χ1n) is 7.00. The van der Waals surface area contributed by atoms with Crippen molar-refractivity contribution >= 4 is 15.9 Å². The number of carbonyl (C=O) groups is 1. The van der Waals surface area contributed by atoms with Gasteiger partial charge in [-0.15, -0.1) is 0 Å². The molecule has 1 aliphatic heterocycles. The van der Waals surface area contributed by atoms with Gasteiger partial charge in [-0.2, -0.15) is 4.31 Å². The number of carbonyl (C=O) groups excluding carboxylic acids is 1. The van der Waals surface area contributed by atoms with Gasteiger partial charge in [-0.05, 0) is 30.5 Å². The third-order valence-corrected chi connectivity index (χ3v) is 5.33. The van der Waals surface area contributed by atoms with E-state index >= 15 is 0 Å². The van der Waals surface area contributed by atoms with Crippen LogP contribution in [-0.4, -0.2) is 43.4 Å². The second kappa shape index (κ2) is 6.55. The molecule has 1 atom stereocenters. The van der Waals surface area contributed by atoms with Crippen LogP contribution in [-0.2, 0) is 14.8 Å². The van der Waals surface area contributed by atoms with Crippen LogP contribution in [0.4, 0.5) is 0 Å². The van der Waals surface area contributed by atoms with E-state index in [4.69, 9.17) is 0 Å². The third-order valence-electron chi connectivity index (χ3n) is 3.49. The van der Waals surface area contributed by atoms with E-state index in [1.54, 1.807) is 12.1 Å². The summed E-state index contributed by atoms with van der Waals surface area (Å²) in [4.78, 5) is 11.6. The maximum atomic E-state index is 12.6. The molecule has 0 saturated carbocycles. The Balaban J connectivity index is 2.32. The van der Waals surface area contributed by atoms with E-state index in [1.165, 1.54) is 16.4 Å². The lowest BCUT2D eigenvalue weighted by molar-refractivity contribution is -0.120. The number of rotatable bonds is 4. The molecular formula is C14H20N2O4S. The number of nitrogens with zero attached hydrogens (tertiary/aromatic N) is 1. The molecule has 1 fully saturated rings. The molecule has 1 unspecified atom stereocenters. The largest absolute Gasteiger partial charge is 0.388 e. The zero-order chi connectivity index (χ0) is 15.5. The first-order chi connectivity index (χ1) is 9.95. The summed E-state index contributed by atoms with van der Waals surface area (Å²) in [5.74, 6) is -0.291. The van der Waals surface area contributed by atoms with Crippen LogP contribution in [0.25, 0.3) is 0 Å². The Hall–Kier alpha value is -1.44. The van der Waals surface area contributed by atoms with Gasteiger partial charge in [-0.25, -0.2) is 8.42 Å². The summed E-state index contributed by atoms with van der Waals surface area (Å²) in [6, 6.07) is 6.28. The summed E-state index contributed by atoms with van der Waals surface area (Å²) in [5.41, 5.74) is 0.567. The number of aliphatic hydroxyl groups is 1. The molecule has 1 aromatic rings. The summed E-state index contributed by atoms with van der Waals surface area (Å²) < 4.78 is 26.4. The molecular weight excluding hydrogens is 292 g/mol. The molecule has 2 rings (SSSR count). The zero-order valence-corrected chi connectivity index (χ0v) is 12.8. The van der Waals surface area contributed by atoms with Gasteiger partial charge in [0.15, 0.2) is 0 Å². The lowest BCUT2D eigenvalue weighted by Gasteiger charge is -2.19. The molecule has 1 saturated heterocycles. The molecule has 0 radical (unpaired) electrons. The molecule has 0 aromatic heterocycles. The van der Waals surface area contributed by atoms with Crippen molar-refractivity contribution < 1.29 is 18.3 Å². The Morgan fingerprint density at radius 3 is 2.90 bits per heavy atom. The third kappa shape index (κ3) is 3.61. The van der Waals surface area contributed by atoms with Crippen molar-refractivity contribution in [2.45, 2.75) is 30.8 Å². The molecule has 21 heavy (non-hydrogen) atoms. The van der Waals surface area contributed by atoms with Crippen molar-refractivity contribution in [3.8, 4) is 0 Å². The summed E-state index contributed by atoms with van der Waals surface area (Å²) in [6.07, 6.45) is 0.408. The number of hydrogen-bond acceptors (Lipinski definition) is 4. The Morgan fingerprint density at radius 1 is 1.43 bits per heavy atom. The van der Waals surface area contributed by atoms with Crippen molar-refractivity contribution in [2.75, 3.05) is 19.6 Å². The van der Waals surface area contributed by atoms with E-state index in [0.29, 0.717) is 31.5 Å². The number of benzene rings is 1. The molecule has 0 aliphatic carbocycles. The van der Waals surface area contributed by atoms with Crippen molar-refractivity contribution in [3.05, 3.63) is 29.8 Å². The van der Waals surface area contributed by atoms with Crippen molar-refractivity contribution in [2.24, 2.45) is 0 Å². The molecule has 1 aromatic carbocycles. The van der Waals surface area contributed by atoms with E-state index in [9.17, 15) is 18.3 Å². The number of hydrogen-bond donors (Lipinski definition) is 2. The van der Waals surface area contributed by atoms with Crippen LogP contribution in [0.2, 0.25) is 0 Å². The molecule has 2 N–H and O–H groups in total. The van der Waals surface area contributed by atoms with Gasteiger partial charge in [0.05, 0.1) is 17.5 Å². The first kappa shape index (κ1) is 15.9. The van der Waals surface area contributed by atoms with E-state index < -0.39 is 16.1 Å². The fraction of sp³-hybridized carbons (Fsp3) is 0.500. The summed E-state index contributed by atoms with van der Waals surface area (Å²) in [5, 5.41) is 12.5. The molecule has 6 nitrogen and oxygen atoms in total. The second-order valence-electron chi connectivity index (χ2n) is 5.04. The average molecular weight is 312 g/mol. The molecule has 1 heterocycles. The van der Waals surface area contributed by atoms with Gasteiger partial charge >= 0.3 is 0 Å². The summed E-state index contributed by atoms with van der Waals surface area (Å²) in [7, 11) is -3.72. The number of amides is 1. The minimum Gasteiger partial charge on any atom is -0.388 e. The van der Waals surface area contributed by atoms with Crippen LogP contribution in [0.5, 0.6) is 0 Å². The second-order valence-corrected chi connectivity index (χ2v) is 6.98. The Bertz CT molecular complexity index is 615. The van der Waals surface area contributed by atoms with Crippen molar-refractivity contribution in [1.29, 1.82) is 0 Å². The quantitative estimate of drug-likeness (QED) is 0.854. The Kier molecular flexibility index (Phi) is 4.97. The molecule has 0 bridgehead atoms. The molecule has 116 valence electrons. The smallest absolute Gasteiger partial charge is 0.243 e. The highest BCUT2D eigenvalue weighted by molar-refractivity contribution is 7.89. The lowest BCUT2D eigenvalue weighted by Crippen LogP contribution is -2.37. The molecule has 1 amide bonds. The lowest BCUT2D eigenvalue weighted by atomic mass is 10.1. The minimum absolute atomic E-state index is 0.113. The zero-order valence-electron chi connectivity index (χ0n) is 11.9. The van der Waals surface area contributed by atoms with E-state index in [1.807, 2.05) is 6.92 Å². The van der Waals surface area contributed by atoms with E-state index in [0.717, 1.165) is 0 Å². The van der Waals surface area contributed by atoms with Crippen molar-refractivity contribution in [1.82, 2.24) is 9.62 Å². The van der Waals surface area contributed by atoms with Gasteiger partial charge in [-0.3, -0.25) is 4.79 Å². The fourth-order valence-electron chi connectivity index (χ4n) is 2.25. The van der Waals surface area contributed by atoms with Crippen LogP contribution in [0.1, 0.15) is 31.4 Å². The van der Waals surface area contributed by atoms with Gasteiger partial charge in [0.25, 0.3) is 0 Å². The predicted molar refractivity (Wildman–Crippen MR) is 78.1 cm³/mol. The van der Waals surface area contributed by atoms with E-state index in [2.05, 4.69) is 5.32 Å². The number of nitrogens with one attached hydrogen (secondary N) is 1. The molecule has 1 aliphatic rings. The first-order valence-corrected chi connectivity index (χ1v) is 8.44. The SMILES string of the molecule is CCC(O)c1cccc(S(=O)(=O)N2CCCNC(=O)C2)c1. The van der Waals surface area contributed by atoms with Gasteiger partial charge in [0, 0.05) is 13.1 Å². The standard InChI is InChI=1S/C14H20N2O4S/c1-2-13(17)11-5-3-6-12(9-11)21(19,20)16-8-4-7-15-14(18)10-16/h3,5-6,9,13,17H,2,4,7-8,10H2,1H3,(H,15,18). The van der Waals surface area contributed by atoms with Gasteiger partial charge in [-0.1, -0.05) is 19.1 Å². The van der Waals surface area contributed by atoms with Gasteiger partial charge in [0.2, 0.25) is 15.9 Å². The van der Waals surface area contributed by atoms with E-state index in [-0.39, 0.29) is 17.3 Å². The van der Waals surface area contributed by atoms with Gasteiger partial charge < -0.3 is 10.4 Å². The normalized spacial score (nSPS) is 18.9. The monoisotopic (exact) mass is 312 g/mol. The highest BCUT2D eigenvalue weighted by atomic mass is 32.2. The van der Waals surface area contributed by atoms with Crippen LogP contribution in [0.3, 0.4) is 0 Å². The number of aliphatic hydroxyl groups excluding tert-OH is 1. The average Bonchev–Trinajstić information content (AvgIpc) is 2.71. The topological polar surface area (TPSA) is 86.7 Å². The van der Waals surface area contributed by atoms with Gasteiger partial charge in [0.1, 0.15) is 0 Å². The Morgan fingerprint density at radius 2 is 2.19 bits per heavy atom. The highest BCUT2D eigenvalue weighted by Crippen LogP contribution is 2.22. The number of sulfonamides is 1. The van der Waals surface area contributed by atoms with Crippen LogP contribution in [0.15, 0.2) is 29.2 Å². The molecule has 0 spiro atoms. The van der Waals surface area contributed by atoms with Crippen LogP contribution in [0, 0.1) is 0 Å². The minimum atomic E-state index is -3.72. The maximum absolute atomic E-state index is 12.6. The summed E-state index contributed by atoms with van der Waals surface area (Å²) in [6.45, 7) is 2.45. The predicted octanol–water partition coefficient (Wildman–Crippen LogP) is 0.641. The Labute approximate surface area is 124 Å². The fourth-order valence-corrected chi connectivity index (χ4v) is 3.74. The van der Waals surface area contributed by atoms with Crippen LogP contribution >= 0.6 is 0 Å². The van der Waals surface area contributed by atoms with Crippen LogP contribution < -0.4 is 5.32 Å². The summed E-state index contributed by atoms with van der Waals surface area (Å²) >= 11 is 0. The highest BCUT2D eigenvalue weighted by Gasteiger charge is 2.28. The van der Waals surface area contributed by atoms with Crippen molar-refractivity contribution in [3.63, 3.8) is 0 Å². The molecule has 7 heteroatoms.